The fourth-order valence-corrected chi connectivity index (χ4v) is 4.14. The number of carbonyl (C=O) groups excluding carboxylic acids is 2. The molecule has 152 valence electrons. The predicted octanol–water partition coefficient (Wildman–Crippen LogP) is 4.71. The quantitative estimate of drug-likeness (QED) is 0.703. The second-order valence-electron chi connectivity index (χ2n) is 7.61. The van der Waals surface area contributed by atoms with Crippen molar-refractivity contribution in [2.75, 3.05) is 19.7 Å². The van der Waals surface area contributed by atoms with Gasteiger partial charge in [-0.3, -0.25) is 9.59 Å². The Morgan fingerprint density at radius 2 is 1.93 bits per heavy atom. The molecule has 1 spiro atoms. The Morgan fingerprint density at radius 3 is 2.66 bits per heavy atom. The summed E-state index contributed by atoms with van der Waals surface area (Å²) in [6.45, 7) is 2.91. The van der Waals surface area contributed by atoms with Gasteiger partial charge in [0.1, 0.15) is 17.1 Å². The van der Waals surface area contributed by atoms with Crippen LogP contribution in [0.2, 0.25) is 10.0 Å². The first-order chi connectivity index (χ1) is 13.8. The molecule has 2 aliphatic heterocycles. The molecule has 2 aromatic rings. The SMILES string of the molecule is Cc1cc(OCC(=O)N2CCC3(CC2)CC(=O)c2cc(Cl)ccc2O3)ccc1Cl. The lowest BCUT2D eigenvalue weighted by Gasteiger charge is -2.43. The van der Waals surface area contributed by atoms with Crippen LogP contribution in [0.25, 0.3) is 0 Å². The Bertz CT molecular complexity index is 967. The molecule has 1 amide bonds. The van der Waals surface area contributed by atoms with Crippen LogP contribution in [0.5, 0.6) is 11.5 Å². The van der Waals surface area contributed by atoms with Gasteiger partial charge in [0.05, 0.1) is 12.0 Å². The predicted molar refractivity (Wildman–Crippen MR) is 111 cm³/mol. The van der Waals surface area contributed by atoms with E-state index in [0.717, 1.165) is 5.56 Å². The van der Waals surface area contributed by atoms with Gasteiger partial charge < -0.3 is 14.4 Å². The average Bonchev–Trinajstić information content (AvgIpc) is 2.70. The highest BCUT2D eigenvalue weighted by molar-refractivity contribution is 6.31. The van der Waals surface area contributed by atoms with Crippen LogP contribution in [-0.2, 0) is 4.79 Å². The summed E-state index contributed by atoms with van der Waals surface area (Å²) in [6, 6.07) is 10.4. The number of halogens is 2. The largest absolute Gasteiger partial charge is 0.486 e. The number of aryl methyl sites for hydroxylation is 1. The molecule has 0 aliphatic carbocycles. The monoisotopic (exact) mass is 433 g/mol. The molecule has 0 atom stereocenters. The van der Waals surface area contributed by atoms with Gasteiger partial charge in [0, 0.05) is 36.0 Å². The van der Waals surface area contributed by atoms with Crippen molar-refractivity contribution in [3.05, 3.63) is 57.6 Å². The summed E-state index contributed by atoms with van der Waals surface area (Å²) < 4.78 is 11.8. The van der Waals surface area contributed by atoms with E-state index in [4.69, 9.17) is 32.7 Å². The fraction of sp³-hybridized carbons (Fsp3) is 0.364. The maximum atomic E-state index is 12.6. The summed E-state index contributed by atoms with van der Waals surface area (Å²) in [4.78, 5) is 26.9. The van der Waals surface area contributed by atoms with Crippen molar-refractivity contribution < 1.29 is 19.1 Å². The van der Waals surface area contributed by atoms with Crippen LogP contribution in [0.1, 0.15) is 35.2 Å². The van der Waals surface area contributed by atoms with Gasteiger partial charge in [-0.2, -0.15) is 0 Å². The van der Waals surface area contributed by atoms with Gasteiger partial charge in [0.2, 0.25) is 0 Å². The Hall–Kier alpha value is -2.24. The van der Waals surface area contributed by atoms with Crippen LogP contribution >= 0.6 is 23.2 Å². The third-order valence-corrected chi connectivity index (χ3v) is 6.23. The van der Waals surface area contributed by atoms with Crippen LogP contribution in [0.15, 0.2) is 36.4 Å². The molecular formula is C22H21Cl2NO4. The third-order valence-electron chi connectivity index (χ3n) is 5.57. The van der Waals surface area contributed by atoms with E-state index >= 15 is 0 Å². The second-order valence-corrected chi connectivity index (χ2v) is 8.45. The minimum Gasteiger partial charge on any atom is -0.486 e. The van der Waals surface area contributed by atoms with E-state index in [9.17, 15) is 9.59 Å². The summed E-state index contributed by atoms with van der Waals surface area (Å²) in [5.41, 5.74) is 0.883. The highest BCUT2D eigenvalue weighted by atomic mass is 35.5. The maximum Gasteiger partial charge on any atom is 0.260 e. The number of ether oxygens (including phenoxy) is 2. The molecule has 0 N–H and O–H groups in total. The van der Waals surface area contributed by atoms with Gasteiger partial charge in [0.25, 0.3) is 5.91 Å². The van der Waals surface area contributed by atoms with Crippen LogP contribution in [-0.4, -0.2) is 41.9 Å². The lowest BCUT2D eigenvalue weighted by Crippen LogP contribution is -2.53. The topological polar surface area (TPSA) is 55.8 Å². The molecule has 1 saturated heterocycles. The number of benzene rings is 2. The van der Waals surface area contributed by atoms with Crippen molar-refractivity contribution in [3.63, 3.8) is 0 Å². The molecule has 2 aromatic carbocycles. The number of carbonyl (C=O) groups is 2. The maximum absolute atomic E-state index is 12.6. The first kappa shape index (κ1) is 20.0. The molecule has 29 heavy (non-hydrogen) atoms. The molecule has 0 unspecified atom stereocenters. The van der Waals surface area contributed by atoms with Gasteiger partial charge in [-0.15, -0.1) is 0 Å². The highest BCUT2D eigenvalue weighted by Crippen LogP contribution is 2.40. The Balaban J connectivity index is 1.35. The normalized spacial score (nSPS) is 17.6. The van der Waals surface area contributed by atoms with Gasteiger partial charge in [-0.1, -0.05) is 23.2 Å². The van der Waals surface area contributed by atoms with Crippen molar-refractivity contribution in [2.45, 2.75) is 31.8 Å². The molecule has 0 saturated carbocycles. The molecule has 1 fully saturated rings. The second kappa shape index (κ2) is 7.88. The average molecular weight is 434 g/mol. The van der Waals surface area contributed by atoms with E-state index in [0.29, 0.717) is 59.5 Å². The standard InChI is InChI=1S/C22H21Cl2NO4/c1-14-10-16(3-4-18(14)24)28-13-21(27)25-8-6-22(7-9-25)12-19(26)17-11-15(23)2-5-20(17)29-22/h2-5,10-11H,6-9,12-13H2,1H3. The van der Waals surface area contributed by atoms with E-state index in [1.165, 1.54) is 0 Å². The summed E-state index contributed by atoms with van der Waals surface area (Å²) in [5, 5.41) is 1.18. The summed E-state index contributed by atoms with van der Waals surface area (Å²) >= 11 is 12.0. The van der Waals surface area contributed by atoms with E-state index in [1.807, 2.05) is 13.0 Å². The van der Waals surface area contributed by atoms with Crippen LogP contribution in [0, 0.1) is 6.92 Å². The number of hydrogen-bond donors (Lipinski definition) is 0. The number of nitrogens with zero attached hydrogens (tertiary/aromatic N) is 1. The lowest BCUT2D eigenvalue weighted by molar-refractivity contribution is -0.136. The molecule has 0 radical (unpaired) electrons. The first-order valence-corrected chi connectivity index (χ1v) is 10.3. The van der Waals surface area contributed by atoms with E-state index in [-0.39, 0.29) is 18.3 Å². The number of Topliss-reactive ketones (excluding diaryl/α,β-unsaturated/α-hetero) is 1. The molecule has 2 aliphatic rings. The number of likely N-dealkylation sites (tertiary alicyclic amines) is 1. The molecule has 4 rings (SSSR count). The van der Waals surface area contributed by atoms with Crippen molar-refractivity contribution in [1.29, 1.82) is 0 Å². The lowest BCUT2D eigenvalue weighted by atomic mass is 9.82. The Labute approximate surface area is 179 Å². The fourth-order valence-electron chi connectivity index (χ4n) is 3.85. The van der Waals surface area contributed by atoms with E-state index in [2.05, 4.69) is 0 Å². The molecule has 0 aromatic heterocycles. The number of hydrogen-bond acceptors (Lipinski definition) is 4. The molecular weight excluding hydrogens is 413 g/mol. The Morgan fingerprint density at radius 1 is 1.17 bits per heavy atom. The van der Waals surface area contributed by atoms with Crippen molar-refractivity contribution >= 4 is 34.9 Å². The van der Waals surface area contributed by atoms with Crippen molar-refractivity contribution in [2.24, 2.45) is 0 Å². The van der Waals surface area contributed by atoms with Gasteiger partial charge in [-0.05, 0) is 48.9 Å². The van der Waals surface area contributed by atoms with Gasteiger partial charge in [-0.25, -0.2) is 0 Å². The molecule has 5 nitrogen and oxygen atoms in total. The number of fused-ring (bicyclic) bond motifs is 1. The zero-order valence-corrected chi connectivity index (χ0v) is 17.6. The van der Waals surface area contributed by atoms with E-state index in [1.54, 1.807) is 35.2 Å². The smallest absolute Gasteiger partial charge is 0.260 e. The van der Waals surface area contributed by atoms with Gasteiger partial charge in [0.15, 0.2) is 12.4 Å². The zero-order valence-electron chi connectivity index (χ0n) is 16.0. The van der Waals surface area contributed by atoms with Crippen molar-refractivity contribution in [1.82, 2.24) is 4.90 Å². The zero-order chi connectivity index (χ0) is 20.6. The minimum atomic E-state index is -0.553. The van der Waals surface area contributed by atoms with E-state index < -0.39 is 5.60 Å². The summed E-state index contributed by atoms with van der Waals surface area (Å²) in [7, 11) is 0. The molecule has 7 heteroatoms. The van der Waals surface area contributed by atoms with Gasteiger partial charge >= 0.3 is 0 Å². The van der Waals surface area contributed by atoms with Crippen LogP contribution in [0.3, 0.4) is 0 Å². The van der Waals surface area contributed by atoms with Crippen LogP contribution in [0.4, 0.5) is 0 Å². The number of ketones is 1. The third kappa shape index (κ3) is 4.21. The summed E-state index contributed by atoms with van der Waals surface area (Å²) in [5.74, 6) is 1.15. The highest BCUT2D eigenvalue weighted by Gasteiger charge is 2.43. The number of piperidine rings is 1. The summed E-state index contributed by atoms with van der Waals surface area (Å²) in [6.07, 6.45) is 1.52. The van der Waals surface area contributed by atoms with Crippen molar-refractivity contribution in [3.8, 4) is 11.5 Å². The number of amides is 1. The molecule has 0 bridgehead atoms. The minimum absolute atomic E-state index is 0.0325. The first-order valence-electron chi connectivity index (χ1n) is 9.54. The molecule has 2 heterocycles. The Kier molecular flexibility index (Phi) is 5.45. The van der Waals surface area contributed by atoms with Crippen LogP contribution < -0.4 is 9.47 Å². The number of rotatable bonds is 3.